The molecule has 0 aliphatic heterocycles. The monoisotopic (exact) mass is 298 g/mol. The highest BCUT2D eigenvalue weighted by Crippen LogP contribution is 2.40. The van der Waals surface area contributed by atoms with Crippen molar-refractivity contribution in [3.05, 3.63) is 27.3 Å². The third kappa shape index (κ3) is 2.46. The number of alkyl halides is 3. The van der Waals surface area contributed by atoms with Gasteiger partial charge in [-0.05, 0) is 33.4 Å². The first-order chi connectivity index (χ1) is 8.28. The Morgan fingerprint density at radius 1 is 1.44 bits per heavy atom. The summed E-state index contributed by atoms with van der Waals surface area (Å²) in [5.41, 5.74) is -0.0879. The average Bonchev–Trinajstić information content (AvgIpc) is 2.66. The van der Waals surface area contributed by atoms with Gasteiger partial charge in [-0.1, -0.05) is 11.6 Å². The second-order valence-corrected chi connectivity index (χ2v) is 4.41. The number of aromatic nitrogens is 1. The Balaban J connectivity index is 2.61. The zero-order valence-electron chi connectivity index (χ0n) is 8.19. The van der Waals surface area contributed by atoms with Crippen molar-refractivity contribution in [3.8, 4) is 5.75 Å². The fourth-order valence-corrected chi connectivity index (χ4v) is 2.34. The first kappa shape index (κ1) is 12.8. The van der Waals surface area contributed by atoms with E-state index < -0.39 is 22.2 Å². The van der Waals surface area contributed by atoms with Crippen LogP contribution in [0, 0.1) is 10.1 Å². The SMILES string of the molecule is O=[N+]([O-])c1nc2c(Cl)ccc(OC(F)(F)F)c2s1. The van der Waals surface area contributed by atoms with Gasteiger partial charge in [0.15, 0.2) is 5.75 Å². The van der Waals surface area contributed by atoms with Crippen LogP contribution in [0.3, 0.4) is 0 Å². The Bertz CT molecular complexity index is 628. The summed E-state index contributed by atoms with van der Waals surface area (Å²) in [6.45, 7) is 0. The molecule has 0 amide bonds. The van der Waals surface area contributed by atoms with Gasteiger partial charge >= 0.3 is 11.5 Å². The molecule has 0 aliphatic rings. The van der Waals surface area contributed by atoms with E-state index >= 15 is 0 Å². The second-order valence-electron chi connectivity index (χ2n) is 3.02. The number of fused-ring (bicyclic) bond motifs is 1. The van der Waals surface area contributed by atoms with E-state index in [1.165, 1.54) is 0 Å². The molecule has 2 rings (SSSR count). The number of hydrogen-bond acceptors (Lipinski definition) is 5. The Morgan fingerprint density at radius 3 is 2.67 bits per heavy atom. The predicted octanol–water partition coefficient (Wildman–Crippen LogP) is 3.76. The highest BCUT2D eigenvalue weighted by Gasteiger charge is 2.33. The van der Waals surface area contributed by atoms with Gasteiger partial charge in [0, 0.05) is 0 Å². The molecule has 96 valence electrons. The number of benzene rings is 1. The van der Waals surface area contributed by atoms with E-state index in [4.69, 9.17) is 11.6 Å². The van der Waals surface area contributed by atoms with Gasteiger partial charge in [-0.3, -0.25) is 0 Å². The van der Waals surface area contributed by atoms with Gasteiger partial charge < -0.3 is 14.9 Å². The number of halogens is 4. The fraction of sp³-hybridized carbons (Fsp3) is 0.125. The van der Waals surface area contributed by atoms with Crippen LogP contribution in [0.25, 0.3) is 10.2 Å². The molecule has 10 heteroatoms. The van der Waals surface area contributed by atoms with E-state index in [1.807, 2.05) is 0 Å². The minimum Gasteiger partial charge on any atom is -0.404 e. The zero-order valence-corrected chi connectivity index (χ0v) is 9.77. The maximum absolute atomic E-state index is 12.1. The van der Waals surface area contributed by atoms with E-state index in [1.54, 1.807) is 0 Å². The molecule has 0 saturated heterocycles. The normalized spacial score (nSPS) is 11.8. The van der Waals surface area contributed by atoms with Crippen molar-refractivity contribution >= 4 is 38.3 Å². The molecular formula is C8H2ClF3N2O3S. The van der Waals surface area contributed by atoms with Crippen molar-refractivity contribution in [3.63, 3.8) is 0 Å². The topological polar surface area (TPSA) is 65.3 Å². The molecule has 1 heterocycles. The minimum atomic E-state index is -4.89. The molecule has 0 N–H and O–H groups in total. The molecule has 5 nitrogen and oxygen atoms in total. The lowest BCUT2D eigenvalue weighted by molar-refractivity contribution is -0.384. The highest BCUT2D eigenvalue weighted by molar-refractivity contribution is 7.22. The first-order valence-corrected chi connectivity index (χ1v) is 5.46. The molecule has 0 saturated carbocycles. The molecule has 18 heavy (non-hydrogen) atoms. The van der Waals surface area contributed by atoms with Crippen LogP contribution in [0.1, 0.15) is 0 Å². The molecule has 0 radical (unpaired) electrons. The Kier molecular flexibility index (Phi) is 3.03. The fourth-order valence-electron chi connectivity index (χ4n) is 1.22. The third-order valence-corrected chi connectivity index (χ3v) is 3.16. The number of ether oxygens (including phenoxy) is 1. The van der Waals surface area contributed by atoms with Gasteiger partial charge in [-0.2, -0.15) is 0 Å². The summed E-state index contributed by atoms with van der Waals surface area (Å²) in [5.74, 6) is -0.562. The Hall–Kier alpha value is -1.61. The van der Waals surface area contributed by atoms with Gasteiger partial charge in [0.25, 0.3) is 0 Å². The zero-order chi connectivity index (χ0) is 13.5. The van der Waals surface area contributed by atoms with Crippen molar-refractivity contribution in [2.45, 2.75) is 6.36 Å². The summed E-state index contributed by atoms with van der Waals surface area (Å²) in [6.07, 6.45) is -4.89. The maximum atomic E-state index is 12.1. The Morgan fingerprint density at radius 2 is 2.11 bits per heavy atom. The molecule has 0 bridgehead atoms. The van der Waals surface area contributed by atoms with Crippen molar-refractivity contribution in [1.29, 1.82) is 0 Å². The summed E-state index contributed by atoms with van der Waals surface area (Å²) in [5, 5.41) is 9.99. The van der Waals surface area contributed by atoms with Gasteiger partial charge in [0.05, 0.1) is 5.02 Å². The van der Waals surface area contributed by atoms with E-state index in [9.17, 15) is 23.3 Å². The van der Waals surface area contributed by atoms with Crippen molar-refractivity contribution in [2.75, 3.05) is 0 Å². The van der Waals surface area contributed by atoms with Crippen LogP contribution in [-0.4, -0.2) is 16.3 Å². The summed E-state index contributed by atoms with van der Waals surface area (Å²) < 4.78 is 40.0. The Labute approximate surface area is 106 Å². The van der Waals surface area contributed by atoms with Crippen molar-refractivity contribution < 1.29 is 22.8 Å². The standard InChI is InChI=1S/C8H2ClF3N2O3S/c9-3-1-2-4(17-8(10,11)12)6-5(3)13-7(18-6)14(15)16/h1-2H. The largest absolute Gasteiger partial charge is 0.573 e. The van der Waals surface area contributed by atoms with Crippen LogP contribution in [0.5, 0.6) is 5.75 Å². The van der Waals surface area contributed by atoms with Gasteiger partial charge in [-0.25, -0.2) is 0 Å². The van der Waals surface area contributed by atoms with Crippen molar-refractivity contribution in [2.24, 2.45) is 0 Å². The van der Waals surface area contributed by atoms with E-state index in [0.717, 1.165) is 12.1 Å². The quantitative estimate of drug-likeness (QED) is 0.625. The van der Waals surface area contributed by atoms with Crippen LogP contribution in [0.15, 0.2) is 12.1 Å². The smallest absolute Gasteiger partial charge is 0.404 e. The number of nitrogens with zero attached hydrogens (tertiary/aromatic N) is 2. The first-order valence-electron chi connectivity index (χ1n) is 4.27. The number of hydrogen-bond donors (Lipinski definition) is 0. The van der Waals surface area contributed by atoms with Crippen LogP contribution in [0.4, 0.5) is 18.3 Å². The van der Waals surface area contributed by atoms with E-state index in [-0.39, 0.29) is 15.2 Å². The third-order valence-electron chi connectivity index (χ3n) is 1.83. The second kappa shape index (κ2) is 4.25. The lowest BCUT2D eigenvalue weighted by Gasteiger charge is -2.08. The molecular weight excluding hydrogens is 297 g/mol. The molecule has 0 unspecified atom stereocenters. The van der Waals surface area contributed by atoms with Gasteiger partial charge in [0.2, 0.25) is 5.52 Å². The lowest BCUT2D eigenvalue weighted by atomic mass is 10.3. The molecule has 1 aromatic heterocycles. The molecule has 0 fully saturated rings. The molecule has 0 atom stereocenters. The van der Waals surface area contributed by atoms with Crippen LogP contribution in [0.2, 0.25) is 5.02 Å². The number of rotatable bonds is 2. The van der Waals surface area contributed by atoms with Gasteiger partial charge in [0.1, 0.15) is 4.70 Å². The summed E-state index contributed by atoms with van der Waals surface area (Å²) in [6, 6.07) is 2.12. The highest BCUT2D eigenvalue weighted by atomic mass is 35.5. The van der Waals surface area contributed by atoms with E-state index in [2.05, 4.69) is 9.72 Å². The van der Waals surface area contributed by atoms with Crippen LogP contribution in [-0.2, 0) is 0 Å². The molecule has 2 aromatic rings. The predicted molar refractivity (Wildman–Crippen MR) is 58.0 cm³/mol. The van der Waals surface area contributed by atoms with Gasteiger partial charge in [-0.15, -0.1) is 13.2 Å². The molecule has 0 spiro atoms. The lowest BCUT2D eigenvalue weighted by Crippen LogP contribution is -2.17. The molecule has 0 aliphatic carbocycles. The minimum absolute atomic E-state index is 0.0175. The van der Waals surface area contributed by atoms with Crippen LogP contribution < -0.4 is 4.74 Å². The molecule has 1 aromatic carbocycles. The summed E-state index contributed by atoms with van der Waals surface area (Å²) in [4.78, 5) is 13.3. The maximum Gasteiger partial charge on any atom is 0.573 e. The summed E-state index contributed by atoms with van der Waals surface area (Å²) in [7, 11) is 0. The van der Waals surface area contributed by atoms with Crippen LogP contribution >= 0.6 is 22.9 Å². The number of thiazole rings is 1. The van der Waals surface area contributed by atoms with Crippen molar-refractivity contribution in [1.82, 2.24) is 4.98 Å². The summed E-state index contributed by atoms with van der Waals surface area (Å²) >= 11 is 6.17. The average molecular weight is 299 g/mol. The van der Waals surface area contributed by atoms with E-state index in [0.29, 0.717) is 11.3 Å². The number of nitro groups is 1.